The maximum absolute atomic E-state index is 12.8. The van der Waals surface area contributed by atoms with Gasteiger partial charge in [-0.3, -0.25) is 9.36 Å². The largest absolute Gasteiger partial charge is 0.483 e. The van der Waals surface area contributed by atoms with Gasteiger partial charge in [0.05, 0.1) is 17.9 Å². The molecule has 1 atom stereocenters. The number of halogens is 1. The van der Waals surface area contributed by atoms with E-state index < -0.39 is 12.1 Å². The standard InChI is InChI=1S/C26H31ClN4O4S2/c1-8-10-31-23(17(6)35-19-11-14(3)22(27)15(4)12-19)29-30-26(31)36-13-20(32)28-24-21(25(33)34-9-2)16(5)18(7)37-24/h8,11-12,17H,1,9-10,13H2,2-7H3,(H,28,32). The van der Waals surface area contributed by atoms with Crippen LogP contribution in [0.4, 0.5) is 5.00 Å². The second kappa shape index (κ2) is 12.6. The van der Waals surface area contributed by atoms with Crippen molar-refractivity contribution >= 4 is 51.6 Å². The molecule has 0 saturated carbocycles. The lowest BCUT2D eigenvalue weighted by Gasteiger charge is -2.17. The maximum atomic E-state index is 12.8. The number of carbonyl (C=O) groups excluding carboxylic acids is 2. The Labute approximate surface area is 230 Å². The number of aryl methyl sites for hydroxylation is 3. The van der Waals surface area contributed by atoms with Gasteiger partial charge < -0.3 is 14.8 Å². The molecule has 0 fully saturated rings. The van der Waals surface area contributed by atoms with Crippen molar-refractivity contribution in [2.75, 3.05) is 17.7 Å². The monoisotopic (exact) mass is 562 g/mol. The predicted molar refractivity (Wildman–Crippen MR) is 149 cm³/mol. The predicted octanol–water partition coefficient (Wildman–Crippen LogP) is 6.46. The Bertz CT molecular complexity index is 1300. The van der Waals surface area contributed by atoms with E-state index in [9.17, 15) is 9.59 Å². The number of nitrogens with one attached hydrogen (secondary N) is 1. The van der Waals surface area contributed by atoms with Crippen molar-refractivity contribution in [1.82, 2.24) is 14.8 Å². The van der Waals surface area contributed by atoms with E-state index in [1.807, 2.05) is 51.3 Å². The number of carbonyl (C=O) groups is 2. The summed E-state index contributed by atoms with van der Waals surface area (Å²) >= 11 is 8.88. The summed E-state index contributed by atoms with van der Waals surface area (Å²) in [6, 6.07) is 3.77. The van der Waals surface area contributed by atoms with Gasteiger partial charge in [-0.1, -0.05) is 29.4 Å². The van der Waals surface area contributed by atoms with Crippen LogP contribution in [0.1, 0.15) is 57.7 Å². The fraction of sp³-hybridized carbons (Fsp3) is 0.385. The lowest BCUT2D eigenvalue weighted by Crippen LogP contribution is -2.17. The summed E-state index contributed by atoms with van der Waals surface area (Å²) in [5.41, 5.74) is 3.07. The smallest absolute Gasteiger partial charge is 0.341 e. The molecule has 1 amide bonds. The van der Waals surface area contributed by atoms with Gasteiger partial charge in [-0.05, 0) is 70.4 Å². The van der Waals surface area contributed by atoms with Crippen molar-refractivity contribution in [1.29, 1.82) is 0 Å². The molecule has 0 aliphatic carbocycles. The first-order valence-corrected chi connectivity index (χ1v) is 13.9. The third-order valence-corrected chi connectivity index (χ3v) is 8.28. The summed E-state index contributed by atoms with van der Waals surface area (Å²) in [6.07, 6.45) is 1.34. The third-order valence-electron chi connectivity index (χ3n) is 5.59. The summed E-state index contributed by atoms with van der Waals surface area (Å²) in [4.78, 5) is 26.1. The topological polar surface area (TPSA) is 95.3 Å². The van der Waals surface area contributed by atoms with Crippen molar-refractivity contribution in [3.63, 3.8) is 0 Å². The van der Waals surface area contributed by atoms with E-state index >= 15 is 0 Å². The maximum Gasteiger partial charge on any atom is 0.341 e. The number of aromatic nitrogens is 3. The summed E-state index contributed by atoms with van der Waals surface area (Å²) < 4.78 is 13.2. The highest BCUT2D eigenvalue weighted by Gasteiger charge is 2.23. The van der Waals surface area contributed by atoms with Gasteiger partial charge in [0.15, 0.2) is 17.1 Å². The Morgan fingerprint density at radius 3 is 2.54 bits per heavy atom. The number of rotatable bonds is 11. The fourth-order valence-electron chi connectivity index (χ4n) is 3.70. The number of thiophene rings is 1. The van der Waals surface area contributed by atoms with E-state index in [0.717, 1.165) is 21.6 Å². The van der Waals surface area contributed by atoms with Crippen LogP contribution in [0, 0.1) is 27.7 Å². The van der Waals surface area contributed by atoms with Crippen LogP contribution >= 0.6 is 34.7 Å². The van der Waals surface area contributed by atoms with Gasteiger partial charge in [-0.25, -0.2) is 4.79 Å². The molecule has 3 rings (SSSR count). The molecule has 0 aliphatic rings. The number of hydrogen-bond donors (Lipinski definition) is 1. The SMILES string of the molecule is C=CCn1c(SCC(=O)Nc2sc(C)c(C)c2C(=O)OCC)nnc1C(C)Oc1cc(C)c(Cl)c(C)c1. The minimum absolute atomic E-state index is 0.0817. The molecule has 198 valence electrons. The number of benzene rings is 1. The lowest BCUT2D eigenvalue weighted by atomic mass is 10.1. The molecule has 1 N–H and O–H groups in total. The Morgan fingerprint density at radius 2 is 1.92 bits per heavy atom. The van der Waals surface area contributed by atoms with Crippen molar-refractivity contribution in [3.8, 4) is 5.75 Å². The summed E-state index contributed by atoms with van der Waals surface area (Å²) in [5.74, 6) is 0.679. The van der Waals surface area contributed by atoms with Gasteiger partial charge in [-0.15, -0.1) is 28.1 Å². The van der Waals surface area contributed by atoms with Crippen LogP contribution in [0.2, 0.25) is 5.02 Å². The van der Waals surface area contributed by atoms with Gasteiger partial charge in [-0.2, -0.15) is 0 Å². The van der Waals surface area contributed by atoms with Gasteiger partial charge in [0.25, 0.3) is 0 Å². The van der Waals surface area contributed by atoms with E-state index in [4.69, 9.17) is 21.1 Å². The van der Waals surface area contributed by atoms with Crippen molar-refractivity contribution in [3.05, 3.63) is 62.8 Å². The lowest BCUT2D eigenvalue weighted by molar-refractivity contribution is -0.113. The van der Waals surface area contributed by atoms with Crippen molar-refractivity contribution in [2.45, 2.75) is 59.3 Å². The van der Waals surface area contributed by atoms with E-state index in [0.29, 0.717) is 38.9 Å². The summed E-state index contributed by atoms with van der Waals surface area (Å²) in [6.45, 7) is 15.8. The number of amides is 1. The molecule has 0 aliphatic heterocycles. The molecule has 0 bridgehead atoms. The first-order valence-electron chi connectivity index (χ1n) is 11.7. The summed E-state index contributed by atoms with van der Waals surface area (Å²) in [7, 11) is 0. The molecular formula is C26H31ClN4O4S2. The Hall–Kier alpha value is -2.82. The molecule has 0 spiro atoms. The zero-order valence-electron chi connectivity index (χ0n) is 21.8. The Balaban J connectivity index is 1.73. The molecule has 0 saturated heterocycles. The number of anilines is 1. The highest BCUT2D eigenvalue weighted by atomic mass is 35.5. The van der Waals surface area contributed by atoms with Crippen molar-refractivity contribution in [2.24, 2.45) is 0 Å². The average Bonchev–Trinajstić information content (AvgIpc) is 3.36. The van der Waals surface area contributed by atoms with Gasteiger partial charge in [0.2, 0.25) is 5.91 Å². The first kappa shape index (κ1) is 28.7. The van der Waals surface area contributed by atoms with Crippen LogP contribution < -0.4 is 10.1 Å². The molecule has 2 aromatic heterocycles. The molecular weight excluding hydrogens is 532 g/mol. The molecule has 3 aromatic rings. The molecule has 8 nitrogen and oxygen atoms in total. The Morgan fingerprint density at radius 1 is 1.24 bits per heavy atom. The quantitative estimate of drug-likeness (QED) is 0.163. The zero-order valence-corrected chi connectivity index (χ0v) is 24.2. The van der Waals surface area contributed by atoms with Crippen LogP contribution in [0.3, 0.4) is 0 Å². The van der Waals surface area contributed by atoms with Gasteiger partial charge in [0, 0.05) is 16.4 Å². The molecule has 1 unspecified atom stereocenters. The molecule has 0 radical (unpaired) electrons. The van der Waals surface area contributed by atoms with Gasteiger partial charge in [0.1, 0.15) is 10.8 Å². The number of esters is 1. The number of allylic oxidation sites excluding steroid dienone is 1. The van der Waals surface area contributed by atoms with Crippen LogP contribution in [0.25, 0.3) is 0 Å². The summed E-state index contributed by atoms with van der Waals surface area (Å²) in [5, 5.41) is 13.2. The van der Waals surface area contributed by atoms with E-state index in [1.54, 1.807) is 13.0 Å². The average molecular weight is 563 g/mol. The second-order valence-electron chi connectivity index (χ2n) is 8.42. The molecule has 2 heterocycles. The molecule has 1 aromatic carbocycles. The number of ether oxygens (including phenoxy) is 2. The highest BCUT2D eigenvalue weighted by Crippen LogP contribution is 2.34. The molecule has 11 heteroatoms. The van der Waals surface area contributed by atoms with Crippen LogP contribution in [-0.2, 0) is 16.1 Å². The minimum atomic E-state index is -0.442. The van der Waals surface area contributed by atoms with Crippen LogP contribution in [-0.4, -0.2) is 39.0 Å². The number of nitrogens with zero attached hydrogens (tertiary/aromatic N) is 3. The normalized spacial score (nSPS) is 11.8. The minimum Gasteiger partial charge on any atom is -0.483 e. The Kier molecular flexibility index (Phi) is 9.80. The van der Waals surface area contributed by atoms with E-state index in [2.05, 4.69) is 22.1 Å². The third kappa shape index (κ3) is 6.74. The second-order valence-corrected chi connectivity index (χ2v) is 11.0. The van der Waals surface area contributed by atoms with Crippen LogP contribution in [0.15, 0.2) is 29.9 Å². The number of thioether (sulfide) groups is 1. The zero-order chi connectivity index (χ0) is 27.3. The van der Waals surface area contributed by atoms with E-state index in [-0.39, 0.29) is 18.3 Å². The highest BCUT2D eigenvalue weighted by molar-refractivity contribution is 7.99. The van der Waals surface area contributed by atoms with Crippen molar-refractivity contribution < 1.29 is 19.1 Å². The molecule has 37 heavy (non-hydrogen) atoms. The van der Waals surface area contributed by atoms with Gasteiger partial charge >= 0.3 is 5.97 Å². The first-order chi connectivity index (χ1) is 17.6. The number of hydrogen-bond acceptors (Lipinski definition) is 8. The van der Waals surface area contributed by atoms with E-state index in [1.165, 1.54) is 23.1 Å². The van der Waals surface area contributed by atoms with Crippen LogP contribution in [0.5, 0.6) is 5.75 Å². The fourth-order valence-corrected chi connectivity index (χ4v) is 5.62.